The summed E-state index contributed by atoms with van der Waals surface area (Å²) < 4.78 is 42.7. The molecule has 0 amide bonds. The third-order valence-electron chi connectivity index (χ3n) is 2.86. The molecule has 0 saturated heterocycles. The van der Waals surface area contributed by atoms with Crippen LogP contribution in [0.2, 0.25) is 0 Å². The van der Waals surface area contributed by atoms with Gasteiger partial charge in [-0.1, -0.05) is 6.07 Å². The van der Waals surface area contributed by atoms with Gasteiger partial charge in [-0.2, -0.15) is 13.2 Å². The Kier molecular flexibility index (Phi) is 3.99. The normalized spacial score (nSPS) is 13.1. The number of pyridine rings is 2. The largest absolute Gasteiger partial charge is 0.418 e. The predicted molar refractivity (Wildman–Crippen MR) is 72.1 cm³/mol. The van der Waals surface area contributed by atoms with Gasteiger partial charge in [-0.3, -0.25) is 4.98 Å². The second-order valence-corrected chi connectivity index (χ2v) is 4.33. The van der Waals surface area contributed by atoms with Crippen LogP contribution in [0.3, 0.4) is 0 Å². The van der Waals surface area contributed by atoms with Crippen LogP contribution in [0, 0.1) is 0 Å². The van der Waals surface area contributed by atoms with E-state index in [2.05, 4.69) is 14.7 Å². The fraction of sp³-hybridized carbons (Fsp3) is 0.231. The second-order valence-electron chi connectivity index (χ2n) is 4.33. The fourth-order valence-corrected chi connectivity index (χ4v) is 1.88. The molecule has 0 aromatic carbocycles. The van der Waals surface area contributed by atoms with Crippen LogP contribution in [0.4, 0.5) is 24.7 Å². The zero-order valence-corrected chi connectivity index (χ0v) is 11.1. The Morgan fingerprint density at radius 3 is 2.33 bits per heavy atom. The molecule has 0 spiro atoms. The Morgan fingerprint density at radius 1 is 1.14 bits per heavy atom. The van der Waals surface area contributed by atoms with Crippen LogP contribution >= 0.6 is 0 Å². The lowest BCUT2D eigenvalue weighted by atomic mass is 10.1. The number of aromatic nitrogens is 2. The number of anilines is 2. The van der Waals surface area contributed by atoms with Crippen LogP contribution in [0.5, 0.6) is 0 Å². The van der Waals surface area contributed by atoms with Crippen molar-refractivity contribution < 1.29 is 17.9 Å². The third kappa shape index (κ3) is 3.22. The zero-order valence-electron chi connectivity index (χ0n) is 11.1. The monoisotopic (exact) mass is 298 g/mol. The molecular formula is C13H13F3N4O. The highest BCUT2D eigenvalue weighted by atomic mass is 19.4. The number of ether oxygens (including phenoxy) is 1. The van der Waals surface area contributed by atoms with E-state index < -0.39 is 12.3 Å². The van der Waals surface area contributed by atoms with Crippen LogP contribution in [0.1, 0.15) is 11.7 Å². The van der Waals surface area contributed by atoms with Gasteiger partial charge in [0.05, 0.1) is 5.69 Å². The topological polar surface area (TPSA) is 87.0 Å². The Balaban J connectivity index is 2.34. The summed E-state index contributed by atoms with van der Waals surface area (Å²) in [5, 5.41) is 0. The molecule has 0 bridgehead atoms. The molecule has 4 N–H and O–H groups in total. The summed E-state index contributed by atoms with van der Waals surface area (Å²) in [5.74, 6) is 0.254. The molecule has 2 aromatic heterocycles. The third-order valence-corrected chi connectivity index (χ3v) is 2.86. The number of rotatable bonds is 3. The van der Waals surface area contributed by atoms with Gasteiger partial charge in [-0.25, -0.2) is 4.98 Å². The molecule has 2 heterocycles. The first-order chi connectivity index (χ1) is 9.82. The number of nitrogen functional groups attached to an aromatic ring is 2. The number of hydrogen-bond acceptors (Lipinski definition) is 5. The summed E-state index contributed by atoms with van der Waals surface area (Å²) in [6.07, 6.45) is -3.99. The Bertz CT molecular complexity index is 628. The molecule has 0 radical (unpaired) electrons. The molecule has 0 fully saturated rings. The molecule has 0 aliphatic rings. The van der Waals surface area contributed by atoms with Crippen molar-refractivity contribution in [3.05, 3.63) is 36.2 Å². The van der Waals surface area contributed by atoms with Gasteiger partial charge in [0.1, 0.15) is 5.82 Å². The lowest BCUT2D eigenvalue weighted by molar-refractivity contribution is -0.216. The highest BCUT2D eigenvalue weighted by Crippen LogP contribution is 2.35. The van der Waals surface area contributed by atoms with Crippen molar-refractivity contribution in [3.63, 3.8) is 0 Å². The summed E-state index contributed by atoms with van der Waals surface area (Å²) in [7, 11) is 0.994. The summed E-state index contributed by atoms with van der Waals surface area (Å²) in [5.41, 5.74) is 12.4. The molecule has 0 aliphatic heterocycles. The van der Waals surface area contributed by atoms with E-state index in [9.17, 15) is 13.2 Å². The van der Waals surface area contributed by atoms with Crippen molar-refractivity contribution >= 4 is 11.5 Å². The number of halogens is 3. The van der Waals surface area contributed by atoms with Crippen LogP contribution in [-0.4, -0.2) is 23.3 Å². The summed E-state index contributed by atoms with van der Waals surface area (Å²) >= 11 is 0. The minimum Gasteiger partial charge on any atom is -0.398 e. The van der Waals surface area contributed by atoms with Crippen molar-refractivity contribution in [2.75, 3.05) is 18.6 Å². The van der Waals surface area contributed by atoms with Crippen LogP contribution < -0.4 is 11.5 Å². The number of alkyl halides is 3. The van der Waals surface area contributed by atoms with Gasteiger partial charge >= 0.3 is 6.18 Å². The lowest BCUT2D eigenvalue weighted by Gasteiger charge is -2.18. The van der Waals surface area contributed by atoms with Crippen LogP contribution in [0.25, 0.3) is 11.3 Å². The molecule has 2 rings (SSSR count). The van der Waals surface area contributed by atoms with Crippen molar-refractivity contribution in [1.29, 1.82) is 0 Å². The number of hydrogen-bond donors (Lipinski definition) is 2. The lowest BCUT2D eigenvalue weighted by Crippen LogP contribution is -2.22. The predicted octanol–water partition coefficient (Wildman–Crippen LogP) is 2.56. The van der Waals surface area contributed by atoms with Gasteiger partial charge in [-0.15, -0.1) is 0 Å². The van der Waals surface area contributed by atoms with E-state index in [4.69, 9.17) is 11.5 Å². The Morgan fingerprint density at radius 2 is 1.86 bits per heavy atom. The highest BCUT2D eigenvalue weighted by Gasteiger charge is 2.41. The maximum absolute atomic E-state index is 12.7. The zero-order chi connectivity index (χ0) is 15.6. The SMILES string of the molecule is COC(c1ccc(-c2cnc(N)cc2N)nc1)C(F)(F)F. The molecule has 21 heavy (non-hydrogen) atoms. The number of nitrogens with two attached hydrogens (primary N) is 2. The quantitative estimate of drug-likeness (QED) is 0.909. The Hall–Kier alpha value is -2.35. The van der Waals surface area contributed by atoms with E-state index in [1.54, 1.807) is 0 Å². The fourth-order valence-electron chi connectivity index (χ4n) is 1.88. The average molecular weight is 298 g/mol. The molecule has 8 heteroatoms. The highest BCUT2D eigenvalue weighted by molar-refractivity contribution is 5.74. The molecule has 112 valence electrons. The molecule has 5 nitrogen and oxygen atoms in total. The van der Waals surface area contributed by atoms with Gasteiger partial charge < -0.3 is 16.2 Å². The summed E-state index contributed by atoms with van der Waals surface area (Å²) in [4.78, 5) is 7.86. The first kappa shape index (κ1) is 15.0. The number of nitrogens with zero attached hydrogens (tertiary/aromatic N) is 2. The standard InChI is InChI=1S/C13H13F3N4O/c1-21-12(13(14,15)16)7-2-3-10(19-5-7)8-6-20-11(18)4-9(8)17/h2-6,12H,1H3,(H4,17,18,20). The minimum absolute atomic E-state index is 0.0873. The Labute approximate surface area is 118 Å². The van der Waals surface area contributed by atoms with E-state index in [0.29, 0.717) is 16.9 Å². The van der Waals surface area contributed by atoms with E-state index in [-0.39, 0.29) is 11.4 Å². The van der Waals surface area contributed by atoms with Crippen molar-refractivity contribution in [1.82, 2.24) is 9.97 Å². The molecule has 0 aliphatic carbocycles. The van der Waals surface area contributed by atoms with Gasteiger partial charge in [0, 0.05) is 42.4 Å². The first-order valence-electron chi connectivity index (χ1n) is 5.89. The van der Waals surface area contributed by atoms with Crippen LogP contribution in [-0.2, 0) is 4.74 Å². The maximum Gasteiger partial charge on any atom is 0.418 e. The van der Waals surface area contributed by atoms with E-state index in [0.717, 1.165) is 13.3 Å². The molecule has 1 unspecified atom stereocenters. The van der Waals surface area contributed by atoms with Gasteiger partial charge in [0.15, 0.2) is 6.10 Å². The smallest absolute Gasteiger partial charge is 0.398 e. The summed E-state index contributed by atoms with van der Waals surface area (Å²) in [6, 6.07) is 4.18. The van der Waals surface area contributed by atoms with Gasteiger partial charge in [0.2, 0.25) is 0 Å². The molecule has 2 aromatic rings. The minimum atomic E-state index is -4.50. The van der Waals surface area contributed by atoms with Crippen molar-refractivity contribution in [2.24, 2.45) is 0 Å². The van der Waals surface area contributed by atoms with Gasteiger partial charge in [-0.05, 0) is 6.07 Å². The van der Waals surface area contributed by atoms with E-state index >= 15 is 0 Å². The number of methoxy groups -OCH3 is 1. The average Bonchev–Trinajstić information content (AvgIpc) is 2.39. The maximum atomic E-state index is 12.7. The summed E-state index contributed by atoms with van der Waals surface area (Å²) in [6.45, 7) is 0. The van der Waals surface area contributed by atoms with E-state index in [1.807, 2.05) is 0 Å². The van der Waals surface area contributed by atoms with Crippen LogP contribution in [0.15, 0.2) is 30.6 Å². The van der Waals surface area contributed by atoms with Gasteiger partial charge in [0.25, 0.3) is 0 Å². The van der Waals surface area contributed by atoms with Crippen molar-refractivity contribution in [3.8, 4) is 11.3 Å². The first-order valence-corrected chi connectivity index (χ1v) is 5.89. The second kappa shape index (κ2) is 5.57. The molecular weight excluding hydrogens is 285 g/mol. The van der Waals surface area contributed by atoms with E-state index in [1.165, 1.54) is 24.4 Å². The molecule has 0 saturated carbocycles. The molecule has 1 atom stereocenters. The van der Waals surface area contributed by atoms with Crippen molar-refractivity contribution in [2.45, 2.75) is 12.3 Å².